The highest BCUT2D eigenvalue weighted by Crippen LogP contribution is 2.27. The first-order valence-corrected chi connectivity index (χ1v) is 4.36. The predicted molar refractivity (Wildman–Crippen MR) is 50.6 cm³/mol. The van der Waals surface area contributed by atoms with Gasteiger partial charge in [0.2, 0.25) is 5.88 Å². The minimum absolute atomic E-state index is 0.249. The Labute approximate surface area is 94.4 Å². The molecule has 0 spiro atoms. The van der Waals surface area contributed by atoms with Crippen LogP contribution in [0.4, 0.5) is 8.78 Å². The van der Waals surface area contributed by atoms with Crippen molar-refractivity contribution in [2.24, 2.45) is 0 Å². The normalized spacial score (nSPS) is 10.0. The summed E-state index contributed by atoms with van der Waals surface area (Å²) in [6.07, 6.45) is -2.91. The minimum Gasteiger partial charge on any atom is -0.480 e. The van der Waals surface area contributed by atoms with Gasteiger partial charge in [-0.15, -0.1) is 0 Å². The van der Waals surface area contributed by atoms with Crippen LogP contribution >= 0.6 is 11.6 Å². The SMILES string of the molecule is COc1nc(C#N)c(C(F)F)cc1C(=O)Cl. The van der Waals surface area contributed by atoms with Crippen LogP contribution in [0.3, 0.4) is 0 Å². The van der Waals surface area contributed by atoms with Crippen molar-refractivity contribution >= 4 is 16.8 Å². The molecule has 0 aliphatic rings. The molecule has 0 aliphatic carbocycles. The summed E-state index contributed by atoms with van der Waals surface area (Å²) >= 11 is 5.17. The second kappa shape index (κ2) is 4.86. The fourth-order valence-electron chi connectivity index (χ4n) is 1.06. The lowest BCUT2D eigenvalue weighted by molar-refractivity contribution is 0.107. The molecule has 0 N–H and O–H groups in total. The lowest BCUT2D eigenvalue weighted by atomic mass is 10.1. The molecule has 84 valence electrons. The van der Waals surface area contributed by atoms with Gasteiger partial charge in [-0.3, -0.25) is 4.79 Å². The molecule has 0 saturated heterocycles. The number of hydrogen-bond donors (Lipinski definition) is 0. The van der Waals surface area contributed by atoms with Crippen molar-refractivity contribution < 1.29 is 18.3 Å². The van der Waals surface area contributed by atoms with Gasteiger partial charge in [0.05, 0.1) is 18.2 Å². The molecule has 1 heterocycles. The summed E-state index contributed by atoms with van der Waals surface area (Å²) in [5.41, 5.74) is -1.43. The predicted octanol–water partition coefficient (Wildman–Crippen LogP) is 2.28. The van der Waals surface area contributed by atoms with Crippen LogP contribution in [0.1, 0.15) is 28.0 Å². The molecule has 0 atom stereocenters. The third-order valence-electron chi connectivity index (χ3n) is 1.76. The lowest BCUT2D eigenvalue weighted by Crippen LogP contribution is -2.04. The van der Waals surface area contributed by atoms with Gasteiger partial charge < -0.3 is 4.74 Å². The van der Waals surface area contributed by atoms with E-state index in [-0.39, 0.29) is 11.4 Å². The summed E-state index contributed by atoms with van der Waals surface area (Å²) in [5.74, 6) is -0.249. The summed E-state index contributed by atoms with van der Waals surface area (Å²) in [6, 6.07) is 2.30. The summed E-state index contributed by atoms with van der Waals surface area (Å²) in [4.78, 5) is 14.4. The Morgan fingerprint density at radius 2 is 2.31 bits per heavy atom. The maximum Gasteiger partial charge on any atom is 0.266 e. The first-order valence-electron chi connectivity index (χ1n) is 3.98. The van der Waals surface area contributed by atoms with Gasteiger partial charge in [-0.25, -0.2) is 13.8 Å². The number of ether oxygens (including phenoxy) is 1. The highest BCUT2D eigenvalue weighted by atomic mass is 35.5. The molecule has 0 bridgehead atoms. The summed E-state index contributed by atoms with van der Waals surface area (Å²) in [7, 11) is 1.19. The smallest absolute Gasteiger partial charge is 0.266 e. The van der Waals surface area contributed by atoms with E-state index in [4.69, 9.17) is 16.9 Å². The van der Waals surface area contributed by atoms with E-state index in [0.29, 0.717) is 0 Å². The molecule has 16 heavy (non-hydrogen) atoms. The van der Waals surface area contributed by atoms with E-state index in [1.807, 2.05) is 0 Å². The van der Waals surface area contributed by atoms with E-state index in [1.165, 1.54) is 13.2 Å². The Morgan fingerprint density at radius 3 is 2.69 bits per heavy atom. The first kappa shape index (κ1) is 12.3. The topological polar surface area (TPSA) is 63.0 Å². The van der Waals surface area contributed by atoms with Crippen molar-refractivity contribution in [3.05, 3.63) is 22.9 Å². The van der Waals surface area contributed by atoms with Gasteiger partial charge in [0, 0.05) is 0 Å². The van der Waals surface area contributed by atoms with Crippen LogP contribution in [0, 0.1) is 11.3 Å². The van der Waals surface area contributed by atoms with Crippen LogP contribution in [-0.2, 0) is 0 Å². The number of methoxy groups -OCH3 is 1. The number of carbonyl (C=O) groups excluding carboxylic acids is 1. The molecule has 1 aromatic heterocycles. The zero-order chi connectivity index (χ0) is 12.3. The van der Waals surface area contributed by atoms with Crippen LogP contribution in [0.25, 0.3) is 0 Å². The van der Waals surface area contributed by atoms with Crippen molar-refractivity contribution in [3.8, 4) is 11.9 Å². The molecule has 1 rings (SSSR count). The summed E-state index contributed by atoms with van der Waals surface area (Å²) in [6.45, 7) is 0. The van der Waals surface area contributed by atoms with E-state index in [1.54, 1.807) is 0 Å². The molecular weight excluding hydrogens is 242 g/mol. The van der Waals surface area contributed by atoms with Crippen LogP contribution in [-0.4, -0.2) is 17.3 Å². The van der Waals surface area contributed by atoms with Crippen LogP contribution in [0.5, 0.6) is 5.88 Å². The number of nitriles is 1. The summed E-state index contributed by atoms with van der Waals surface area (Å²) < 4.78 is 29.7. The molecule has 0 saturated carbocycles. The zero-order valence-electron chi connectivity index (χ0n) is 8.00. The molecular formula is C9H5ClF2N2O2. The molecule has 0 fully saturated rings. The first-order chi connectivity index (χ1) is 7.51. The molecule has 0 aromatic carbocycles. The molecule has 0 amide bonds. The van der Waals surface area contributed by atoms with Gasteiger partial charge >= 0.3 is 0 Å². The van der Waals surface area contributed by atoms with Gasteiger partial charge in [0.15, 0.2) is 5.69 Å². The minimum atomic E-state index is -2.91. The number of alkyl halides is 2. The third kappa shape index (κ3) is 2.25. The number of hydrogen-bond acceptors (Lipinski definition) is 4. The monoisotopic (exact) mass is 246 g/mol. The van der Waals surface area contributed by atoms with Crippen molar-refractivity contribution in [1.29, 1.82) is 5.26 Å². The highest BCUT2D eigenvalue weighted by Gasteiger charge is 2.21. The molecule has 0 radical (unpaired) electrons. The Hall–Kier alpha value is -1.74. The average molecular weight is 247 g/mol. The molecule has 1 aromatic rings. The largest absolute Gasteiger partial charge is 0.480 e. The maximum absolute atomic E-state index is 12.5. The summed E-state index contributed by atoms with van der Waals surface area (Å²) in [5, 5.41) is 7.62. The average Bonchev–Trinajstić information content (AvgIpc) is 2.26. The number of carbonyl (C=O) groups is 1. The number of halogens is 3. The van der Waals surface area contributed by atoms with E-state index >= 15 is 0 Å². The highest BCUT2D eigenvalue weighted by molar-refractivity contribution is 6.68. The number of rotatable bonds is 3. The standard InChI is InChI=1S/C9H5ClF2N2O2/c1-16-9-5(7(10)15)2-4(8(11)12)6(3-13)14-9/h2,8H,1H3. The van der Waals surface area contributed by atoms with Crippen LogP contribution in [0.2, 0.25) is 0 Å². The Kier molecular flexibility index (Phi) is 3.74. The molecule has 4 nitrogen and oxygen atoms in total. The number of aromatic nitrogens is 1. The Bertz CT molecular complexity index is 471. The van der Waals surface area contributed by atoms with E-state index in [0.717, 1.165) is 6.07 Å². The molecule has 0 unspecified atom stereocenters. The van der Waals surface area contributed by atoms with E-state index in [2.05, 4.69) is 9.72 Å². The van der Waals surface area contributed by atoms with Gasteiger partial charge in [0.25, 0.3) is 11.7 Å². The number of nitrogens with zero attached hydrogens (tertiary/aromatic N) is 2. The van der Waals surface area contributed by atoms with Crippen molar-refractivity contribution in [1.82, 2.24) is 4.98 Å². The quantitative estimate of drug-likeness (QED) is 0.768. The Balaban J connectivity index is 3.48. The van der Waals surface area contributed by atoms with Crippen molar-refractivity contribution in [3.63, 3.8) is 0 Å². The second-order valence-electron chi connectivity index (χ2n) is 2.67. The van der Waals surface area contributed by atoms with Gasteiger partial charge in [0.1, 0.15) is 6.07 Å². The molecule has 0 aliphatic heterocycles. The fourth-order valence-corrected chi connectivity index (χ4v) is 1.20. The van der Waals surface area contributed by atoms with Gasteiger partial charge in [-0.2, -0.15) is 5.26 Å². The fraction of sp³-hybridized carbons (Fsp3) is 0.222. The van der Waals surface area contributed by atoms with Gasteiger partial charge in [-0.1, -0.05) is 0 Å². The molecule has 7 heteroatoms. The second-order valence-corrected chi connectivity index (χ2v) is 3.01. The third-order valence-corrected chi connectivity index (χ3v) is 1.97. The zero-order valence-corrected chi connectivity index (χ0v) is 8.76. The maximum atomic E-state index is 12.5. The van der Waals surface area contributed by atoms with Gasteiger partial charge in [-0.05, 0) is 17.7 Å². The van der Waals surface area contributed by atoms with E-state index in [9.17, 15) is 13.6 Å². The Morgan fingerprint density at radius 1 is 1.69 bits per heavy atom. The van der Waals surface area contributed by atoms with Crippen molar-refractivity contribution in [2.75, 3.05) is 7.11 Å². The van der Waals surface area contributed by atoms with Crippen molar-refractivity contribution in [2.45, 2.75) is 6.43 Å². The van der Waals surface area contributed by atoms with Crippen LogP contribution < -0.4 is 4.74 Å². The number of pyridine rings is 1. The van der Waals surface area contributed by atoms with Crippen LogP contribution in [0.15, 0.2) is 6.07 Å². The lowest BCUT2D eigenvalue weighted by Gasteiger charge is -2.07. The van der Waals surface area contributed by atoms with E-state index < -0.39 is 22.9 Å².